The molecule has 0 N–H and O–H groups in total. The van der Waals surface area contributed by atoms with Gasteiger partial charge in [0.25, 0.3) is 0 Å². The Morgan fingerprint density at radius 3 is 2.88 bits per heavy atom. The van der Waals surface area contributed by atoms with Crippen molar-refractivity contribution in [3.8, 4) is 0 Å². The summed E-state index contributed by atoms with van der Waals surface area (Å²) in [4.78, 5) is 19.1. The van der Waals surface area contributed by atoms with Crippen molar-refractivity contribution in [1.29, 1.82) is 0 Å². The Morgan fingerprint density at radius 1 is 1.17 bits per heavy atom. The minimum Gasteiger partial charge on any atom is -0.457 e. The number of benzene rings is 1. The Morgan fingerprint density at radius 2 is 2.00 bits per heavy atom. The lowest BCUT2D eigenvalue weighted by Crippen LogP contribution is -2.22. The highest BCUT2D eigenvalue weighted by molar-refractivity contribution is 7.17. The Hall–Kier alpha value is -2.40. The van der Waals surface area contributed by atoms with Crippen molar-refractivity contribution < 1.29 is 9.53 Å². The second-order valence-electron chi connectivity index (χ2n) is 5.90. The maximum Gasteiger partial charge on any atom is 0.342 e. The van der Waals surface area contributed by atoms with Crippen molar-refractivity contribution in [2.75, 3.05) is 18.0 Å². The molecule has 3 heterocycles. The first kappa shape index (κ1) is 15.1. The predicted molar refractivity (Wildman–Crippen MR) is 96.6 cm³/mol. The monoisotopic (exact) mass is 338 g/mol. The molecule has 3 aromatic rings. The normalized spacial score (nSPS) is 14.2. The number of aromatic nitrogens is 1. The molecule has 0 spiro atoms. The van der Waals surface area contributed by atoms with E-state index in [1.165, 1.54) is 4.70 Å². The van der Waals surface area contributed by atoms with Crippen molar-refractivity contribution in [2.24, 2.45) is 0 Å². The highest BCUT2D eigenvalue weighted by Crippen LogP contribution is 2.27. The highest BCUT2D eigenvalue weighted by atomic mass is 32.1. The Labute approximate surface area is 144 Å². The van der Waals surface area contributed by atoms with E-state index in [0.717, 1.165) is 42.7 Å². The van der Waals surface area contributed by atoms with E-state index in [-0.39, 0.29) is 12.6 Å². The number of anilines is 1. The third-order valence-corrected chi connectivity index (χ3v) is 5.34. The second kappa shape index (κ2) is 6.61. The first-order chi connectivity index (χ1) is 11.8. The van der Waals surface area contributed by atoms with E-state index in [2.05, 4.69) is 27.4 Å². The molecule has 122 valence electrons. The number of nitrogens with zero attached hydrogens (tertiary/aromatic N) is 2. The lowest BCUT2D eigenvalue weighted by molar-refractivity contribution is 0.0475. The number of fused-ring (bicyclic) bond motifs is 1. The molecule has 24 heavy (non-hydrogen) atoms. The lowest BCUT2D eigenvalue weighted by atomic mass is 10.2. The van der Waals surface area contributed by atoms with Gasteiger partial charge in [-0.1, -0.05) is 18.2 Å². The molecule has 1 aliphatic rings. The number of thiophene rings is 1. The minimum absolute atomic E-state index is 0.289. The van der Waals surface area contributed by atoms with E-state index in [1.807, 2.05) is 12.1 Å². The number of ether oxygens (including phenoxy) is 1. The summed E-state index contributed by atoms with van der Waals surface area (Å²) in [5.74, 6) is 0.440. The molecule has 1 saturated heterocycles. The summed E-state index contributed by atoms with van der Waals surface area (Å²) in [5, 5.41) is 3.21. The summed E-state index contributed by atoms with van der Waals surface area (Å²) in [7, 11) is 0. The van der Waals surface area contributed by atoms with Crippen LogP contribution in [0.4, 0.5) is 5.82 Å². The SMILES string of the molecule is O=C(OCc1csc2ccccc12)c1cccnc1N1CCCC1. The molecular weight excluding hydrogens is 320 g/mol. The fourth-order valence-corrected chi connectivity index (χ4v) is 4.05. The number of hydrogen-bond acceptors (Lipinski definition) is 5. The van der Waals surface area contributed by atoms with Gasteiger partial charge in [0.2, 0.25) is 0 Å². The van der Waals surface area contributed by atoms with Gasteiger partial charge in [0.05, 0.1) is 0 Å². The molecule has 0 unspecified atom stereocenters. The van der Waals surface area contributed by atoms with Crippen molar-refractivity contribution in [3.63, 3.8) is 0 Å². The van der Waals surface area contributed by atoms with Crippen LogP contribution < -0.4 is 4.90 Å². The van der Waals surface area contributed by atoms with E-state index in [0.29, 0.717) is 5.56 Å². The first-order valence-corrected chi connectivity index (χ1v) is 9.03. The van der Waals surface area contributed by atoms with Crippen LogP contribution in [0.2, 0.25) is 0 Å². The minimum atomic E-state index is -0.305. The maximum absolute atomic E-state index is 12.6. The standard InChI is InChI=1S/C19H18N2O2S/c22-19(16-7-5-9-20-18(16)21-10-3-4-11-21)23-12-14-13-24-17-8-2-1-6-15(14)17/h1-2,5-9,13H,3-4,10-12H2. The van der Waals surface area contributed by atoms with Gasteiger partial charge in [-0.3, -0.25) is 0 Å². The van der Waals surface area contributed by atoms with E-state index < -0.39 is 0 Å². The van der Waals surface area contributed by atoms with Gasteiger partial charge in [0, 0.05) is 29.5 Å². The third kappa shape index (κ3) is 2.87. The average molecular weight is 338 g/mol. The topological polar surface area (TPSA) is 42.4 Å². The Kier molecular flexibility index (Phi) is 4.17. The van der Waals surface area contributed by atoms with Gasteiger partial charge in [0.1, 0.15) is 18.0 Å². The molecular formula is C19H18N2O2S. The van der Waals surface area contributed by atoms with E-state index in [4.69, 9.17) is 4.74 Å². The zero-order valence-corrected chi connectivity index (χ0v) is 14.1. The van der Waals surface area contributed by atoms with Crippen LogP contribution in [-0.2, 0) is 11.3 Å². The molecule has 0 radical (unpaired) electrons. The molecule has 1 aliphatic heterocycles. The van der Waals surface area contributed by atoms with Gasteiger partial charge >= 0.3 is 5.97 Å². The van der Waals surface area contributed by atoms with Crippen molar-refractivity contribution in [3.05, 3.63) is 59.1 Å². The number of pyridine rings is 1. The van der Waals surface area contributed by atoms with Crippen LogP contribution in [0.15, 0.2) is 48.0 Å². The highest BCUT2D eigenvalue weighted by Gasteiger charge is 2.21. The zero-order chi connectivity index (χ0) is 16.4. The lowest BCUT2D eigenvalue weighted by Gasteiger charge is -2.18. The molecule has 0 saturated carbocycles. The Bertz CT molecular complexity index is 868. The van der Waals surface area contributed by atoms with Crippen LogP contribution >= 0.6 is 11.3 Å². The van der Waals surface area contributed by atoms with Gasteiger partial charge in [-0.05, 0) is 41.8 Å². The van der Waals surface area contributed by atoms with Gasteiger partial charge in [-0.25, -0.2) is 9.78 Å². The molecule has 0 aliphatic carbocycles. The fraction of sp³-hybridized carbons (Fsp3) is 0.263. The van der Waals surface area contributed by atoms with Crippen LogP contribution in [0.25, 0.3) is 10.1 Å². The van der Waals surface area contributed by atoms with Crippen LogP contribution in [0.1, 0.15) is 28.8 Å². The third-order valence-electron chi connectivity index (χ3n) is 4.33. The van der Waals surface area contributed by atoms with Crippen LogP contribution in [0.3, 0.4) is 0 Å². The fourth-order valence-electron chi connectivity index (χ4n) is 3.10. The predicted octanol–water partition coefficient (Wildman–Crippen LogP) is 4.25. The van der Waals surface area contributed by atoms with Gasteiger partial charge < -0.3 is 9.64 Å². The van der Waals surface area contributed by atoms with Crippen molar-refractivity contribution in [2.45, 2.75) is 19.4 Å². The van der Waals surface area contributed by atoms with E-state index in [1.54, 1.807) is 29.7 Å². The quantitative estimate of drug-likeness (QED) is 0.667. The van der Waals surface area contributed by atoms with Crippen LogP contribution in [-0.4, -0.2) is 24.0 Å². The summed E-state index contributed by atoms with van der Waals surface area (Å²) in [6.07, 6.45) is 4.02. The summed E-state index contributed by atoms with van der Waals surface area (Å²) in [5.41, 5.74) is 1.61. The summed E-state index contributed by atoms with van der Waals surface area (Å²) >= 11 is 1.67. The summed E-state index contributed by atoms with van der Waals surface area (Å²) in [6, 6.07) is 11.8. The van der Waals surface area contributed by atoms with Crippen LogP contribution in [0, 0.1) is 0 Å². The number of esters is 1. The second-order valence-corrected chi connectivity index (χ2v) is 6.81. The van der Waals surface area contributed by atoms with Gasteiger partial charge in [-0.2, -0.15) is 0 Å². The largest absolute Gasteiger partial charge is 0.457 e. The first-order valence-electron chi connectivity index (χ1n) is 8.15. The number of carbonyl (C=O) groups excluding carboxylic acids is 1. The summed E-state index contributed by atoms with van der Waals surface area (Å²) in [6.45, 7) is 2.19. The molecule has 2 aromatic heterocycles. The zero-order valence-electron chi connectivity index (χ0n) is 13.3. The molecule has 4 rings (SSSR count). The molecule has 0 amide bonds. The Balaban J connectivity index is 1.52. The van der Waals surface area contributed by atoms with Crippen molar-refractivity contribution in [1.82, 2.24) is 4.98 Å². The molecule has 4 nitrogen and oxygen atoms in total. The van der Waals surface area contributed by atoms with Gasteiger partial charge in [-0.15, -0.1) is 11.3 Å². The molecule has 5 heteroatoms. The van der Waals surface area contributed by atoms with Crippen molar-refractivity contribution >= 4 is 33.2 Å². The van der Waals surface area contributed by atoms with E-state index in [9.17, 15) is 4.79 Å². The van der Waals surface area contributed by atoms with Crippen LogP contribution in [0.5, 0.6) is 0 Å². The number of hydrogen-bond donors (Lipinski definition) is 0. The smallest absolute Gasteiger partial charge is 0.342 e. The molecule has 1 fully saturated rings. The molecule has 0 bridgehead atoms. The number of rotatable bonds is 4. The molecule has 1 aromatic carbocycles. The number of carbonyl (C=O) groups is 1. The molecule has 0 atom stereocenters. The average Bonchev–Trinajstić information content (AvgIpc) is 3.30. The van der Waals surface area contributed by atoms with Gasteiger partial charge in [0.15, 0.2) is 0 Å². The van der Waals surface area contributed by atoms with E-state index >= 15 is 0 Å². The maximum atomic E-state index is 12.6. The summed E-state index contributed by atoms with van der Waals surface area (Å²) < 4.78 is 6.79.